The first-order valence-electron chi connectivity index (χ1n) is 15.4. The molecule has 14 nitrogen and oxygen atoms in total. The maximum Gasteiger partial charge on any atom is 0.409 e. The van der Waals surface area contributed by atoms with E-state index in [9.17, 15) is 29.1 Å². The molecule has 1 atom stereocenters. The number of hydrogen-bond acceptors (Lipinski definition) is 9. The van der Waals surface area contributed by atoms with Crippen molar-refractivity contribution in [1.82, 2.24) is 24.9 Å². The summed E-state index contributed by atoms with van der Waals surface area (Å²) in [7, 11) is 0. The smallest absolute Gasteiger partial charge is 0.409 e. The lowest BCUT2D eigenvalue weighted by Gasteiger charge is -2.38. The molecular weight excluding hydrogens is 586 g/mol. The van der Waals surface area contributed by atoms with E-state index in [4.69, 9.17) is 14.2 Å². The van der Waals surface area contributed by atoms with Gasteiger partial charge in [-0.15, -0.1) is 0 Å². The summed E-state index contributed by atoms with van der Waals surface area (Å²) in [6.07, 6.45) is 1.36. The fourth-order valence-electron chi connectivity index (χ4n) is 5.35. The van der Waals surface area contributed by atoms with Crippen LogP contribution in [0.3, 0.4) is 0 Å². The topological polar surface area (TPSA) is 170 Å². The van der Waals surface area contributed by atoms with Gasteiger partial charge in [0.2, 0.25) is 17.4 Å². The van der Waals surface area contributed by atoms with Crippen molar-refractivity contribution in [2.75, 3.05) is 39.4 Å². The molecule has 45 heavy (non-hydrogen) atoms. The summed E-state index contributed by atoms with van der Waals surface area (Å²) in [5, 5.41) is 16.5. The summed E-state index contributed by atoms with van der Waals surface area (Å²) in [5.41, 5.74) is 0.307. The van der Waals surface area contributed by atoms with Crippen LogP contribution in [0.5, 0.6) is 5.88 Å². The van der Waals surface area contributed by atoms with E-state index in [0.29, 0.717) is 24.9 Å². The van der Waals surface area contributed by atoms with Crippen LogP contribution in [0.15, 0.2) is 30.3 Å². The molecule has 4 rings (SSSR count). The number of amides is 3. The Balaban J connectivity index is 1.59. The van der Waals surface area contributed by atoms with E-state index in [0.717, 1.165) is 12.0 Å². The zero-order chi connectivity index (χ0) is 32.6. The van der Waals surface area contributed by atoms with Gasteiger partial charge < -0.3 is 34.4 Å². The van der Waals surface area contributed by atoms with Crippen molar-refractivity contribution in [1.29, 1.82) is 0 Å². The number of benzene rings is 1. The second-order valence-corrected chi connectivity index (χ2v) is 10.9. The van der Waals surface area contributed by atoms with E-state index >= 15 is 0 Å². The maximum atomic E-state index is 13.6. The van der Waals surface area contributed by atoms with Crippen molar-refractivity contribution >= 4 is 29.8 Å². The number of carbonyl (C=O) groups is 5. The van der Waals surface area contributed by atoms with Crippen LogP contribution in [-0.2, 0) is 30.3 Å². The number of piperazine rings is 1. The Bertz CT molecular complexity index is 1400. The first-order valence-corrected chi connectivity index (χ1v) is 15.4. The van der Waals surface area contributed by atoms with Gasteiger partial charge in [-0.05, 0) is 57.6 Å². The standard InChI is InChI=1S/C31H41N5O9/c1-4-21-10-7-8-11-24(21)36-25(45-31(14-9-15-31)29(41)43-5-2)20-23(33-36)27(39)32-22(12-13-26(37)38)28(40)34-16-18-35(19-17-34)30(42)44-6-3/h7-8,10-11,20,22H,4-6,9,12-19H2,1-3H3,(H,32,39)(H,37,38)/t22-/m0/s1. The molecule has 1 aromatic carbocycles. The second kappa shape index (κ2) is 14.9. The lowest BCUT2D eigenvalue weighted by molar-refractivity contribution is -0.170. The van der Waals surface area contributed by atoms with E-state index in [1.54, 1.807) is 13.8 Å². The van der Waals surface area contributed by atoms with Crippen molar-refractivity contribution in [3.05, 3.63) is 41.6 Å². The number of nitrogens with zero attached hydrogens (tertiary/aromatic N) is 4. The highest BCUT2D eigenvalue weighted by molar-refractivity contribution is 5.96. The summed E-state index contributed by atoms with van der Waals surface area (Å²) >= 11 is 0. The SMILES string of the molecule is CCOC(=O)N1CCN(C(=O)[C@H](CCC(=O)O)NC(=O)c2cc(OC3(C(=O)OCC)CCC3)n(-c3ccccc3CC)n2)CC1. The van der Waals surface area contributed by atoms with Crippen LogP contribution < -0.4 is 10.1 Å². The molecule has 244 valence electrons. The zero-order valence-corrected chi connectivity index (χ0v) is 26.0. The lowest BCUT2D eigenvalue weighted by Crippen LogP contribution is -2.56. The molecule has 3 amide bonds. The van der Waals surface area contributed by atoms with Crippen LogP contribution in [0, 0.1) is 0 Å². The fraction of sp³-hybridized carbons (Fsp3) is 0.548. The number of aryl methyl sites for hydroxylation is 1. The molecule has 1 aliphatic heterocycles. The molecular formula is C31H41N5O9. The summed E-state index contributed by atoms with van der Waals surface area (Å²) in [6, 6.07) is 7.72. The Morgan fingerprint density at radius 3 is 2.24 bits per heavy atom. The van der Waals surface area contributed by atoms with Gasteiger partial charge in [0, 0.05) is 38.7 Å². The van der Waals surface area contributed by atoms with Gasteiger partial charge in [0.15, 0.2) is 5.69 Å². The van der Waals surface area contributed by atoms with Crippen molar-refractivity contribution < 1.29 is 43.3 Å². The van der Waals surface area contributed by atoms with Crippen molar-refractivity contribution in [2.24, 2.45) is 0 Å². The summed E-state index contributed by atoms with van der Waals surface area (Å²) in [6.45, 7) is 6.73. The van der Waals surface area contributed by atoms with Gasteiger partial charge in [0.05, 0.1) is 18.9 Å². The fourth-order valence-corrected chi connectivity index (χ4v) is 5.35. The average molecular weight is 628 g/mol. The minimum atomic E-state index is -1.20. The van der Waals surface area contributed by atoms with Gasteiger partial charge in [-0.1, -0.05) is 25.1 Å². The minimum absolute atomic E-state index is 0.0745. The third-order valence-electron chi connectivity index (χ3n) is 7.99. The van der Waals surface area contributed by atoms with Gasteiger partial charge in [-0.25, -0.2) is 9.59 Å². The van der Waals surface area contributed by atoms with Gasteiger partial charge in [-0.2, -0.15) is 9.78 Å². The first-order chi connectivity index (χ1) is 21.6. The number of ether oxygens (including phenoxy) is 3. The quantitative estimate of drug-likeness (QED) is 0.315. The Hall–Kier alpha value is -4.62. The zero-order valence-electron chi connectivity index (χ0n) is 26.0. The molecule has 14 heteroatoms. The highest BCUT2D eigenvalue weighted by Crippen LogP contribution is 2.39. The number of aliphatic carboxylic acids is 1. The molecule has 2 N–H and O–H groups in total. The monoisotopic (exact) mass is 627 g/mol. The number of aromatic nitrogens is 2. The van der Waals surface area contributed by atoms with Crippen LogP contribution in [-0.4, -0.2) is 106 Å². The van der Waals surface area contributed by atoms with Crippen molar-refractivity contribution in [3.8, 4) is 11.6 Å². The molecule has 1 saturated carbocycles. The number of rotatable bonds is 13. The maximum absolute atomic E-state index is 13.6. The largest absolute Gasteiger partial charge is 0.481 e. The molecule has 2 aromatic rings. The van der Waals surface area contributed by atoms with Gasteiger partial charge in [-0.3, -0.25) is 14.4 Å². The Morgan fingerprint density at radius 2 is 1.64 bits per heavy atom. The highest BCUT2D eigenvalue weighted by atomic mass is 16.6. The van der Waals surface area contributed by atoms with Gasteiger partial charge in [0.1, 0.15) is 6.04 Å². The highest BCUT2D eigenvalue weighted by Gasteiger charge is 2.49. The number of carboxylic acids is 1. The third-order valence-corrected chi connectivity index (χ3v) is 7.99. The second-order valence-electron chi connectivity index (χ2n) is 10.9. The molecule has 1 saturated heterocycles. The van der Waals surface area contributed by atoms with Crippen LogP contribution in [0.25, 0.3) is 5.69 Å². The number of carboxylic acid groups (broad SMARTS) is 1. The summed E-state index contributed by atoms with van der Waals surface area (Å²) in [4.78, 5) is 66.5. The Morgan fingerprint density at radius 1 is 0.978 bits per heavy atom. The normalized spacial score (nSPS) is 16.2. The van der Waals surface area contributed by atoms with Gasteiger partial charge in [0.25, 0.3) is 5.91 Å². The average Bonchev–Trinajstić information content (AvgIpc) is 3.44. The molecule has 2 aliphatic rings. The summed E-state index contributed by atoms with van der Waals surface area (Å²) in [5.74, 6) is -2.61. The lowest BCUT2D eigenvalue weighted by atomic mass is 9.80. The molecule has 0 spiro atoms. The Labute approximate surface area is 261 Å². The molecule has 1 aromatic heterocycles. The number of esters is 1. The number of nitrogens with one attached hydrogen (secondary N) is 1. The molecule has 0 bridgehead atoms. The Kier molecular flexibility index (Phi) is 11.0. The summed E-state index contributed by atoms with van der Waals surface area (Å²) < 4.78 is 18.1. The van der Waals surface area contributed by atoms with Crippen LogP contribution in [0.2, 0.25) is 0 Å². The van der Waals surface area contributed by atoms with E-state index in [2.05, 4.69) is 10.4 Å². The molecule has 1 aliphatic carbocycles. The molecule has 2 heterocycles. The molecule has 0 radical (unpaired) electrons. The number of hydrogen-bond donors (Lipinski definition) is 2. The predicted octanol–water partition coefficient (Wildman–Crippen LogP) is 2.56. The number of para-hydroxylation sites is 1. The molecule has 2 fully saturated rings. The molecule has 0 unspecified atom stereocenters. The third kappa shape index (κ3) is 7.73. The van der Waals surface area contributed by atoms with E-state index in [1.807, 2.05) is 31.2 Å². The van der Waals surface area contributed by atoms with Crippen molar-refractivity contribution in [3.63, 3.8) is 0 Å². The van der Waals surface area contributed by atoms with Crippen molar-refractivity contribution in [2.45, 2.75) is 70.9 Å². The number of carbonyl (C=O) groups excluding carboxylic acids is 4. The first kappa shape index (κ1) is 33.3. The van der Waals surface area contributed by atoms with Crippen LogP contribution >= 0.6 is 0 Å². The van der Waals surface area contributed by atoms with Crippen LogP contribution in [0.1, 0.15) is 68.9 Å². The predicted molar refractivity (Wildman–Crippen MR) is 160 cm³/mol. The van der Waals surface area contributed by atoms with E-state index < -0.39 is 41.5 Å². The van der Waals surface area contributed by atoms with E-state index in [-0.39, 0.29) is 63.8 Å². The van der Waals surface area contributed by atoms with E-state index in [1.165, 1.54) is 20.5 Å². The van der Waals surface area contributed by atoms with Gasteiger partial charge >= 0.3 is 18.0 Å². The minimum Gasteiger partial charge on any atom is -0.481 e. The van der Waals surface area contributed by atoms with Crippen LogP contribution in [0.4, 0.5) is 4.79 Å².